The van der Waals surface area contributed by atoms with Crippen molar-refractivity contribution in [1.29, 1.82) is 0 Å². The van der Waals surface area contributed by atoms with Crippen LogP contribution < -0.4 is 4.74 Å². The van der Waals surface area contributed by atoms with Gasteiger partial charge in [-0.25, -0.2) is 0 Å². The summed E-state index contributed by atoms with van der Waals surface area (Å²) in [5, 5.41) is 0.144. The third kappa shape index (κ3) is 3.20. The molecule has 100 valence electrons. The first-order valence-corrected chi connectivity index (χ1v) is 7.41. The number of halogens is 1. The van der Waals surface area contributed by atoms with Gasteiger partial charge in [-0.05, 0) is 37.5 Å². The number of hydrogen-bond donors (Lipinski definition) is 0. The number of unbranched alkanes of at least 4 members (excludes halogenated alkanes) is 2. The molecule has 18 heavy (non-hydrogen) atoms. The van der Waals surface area contributed by atoms with E-state index in [-0.39, 0.29) is 11.0 Å². The van der Waals surface area contributed by atoms with Gasteiger partial charge < -0.3 is 4.74 Å². The number of benzene rings is 1. The Balaban J connectivity index is 2.04. The summed E-state index contributed by atoms with van der Waals surface area (Å²) in [6, 6.07) is 6.42. The Bertz CT molecular complexity index is 412. The molecule has 1 unspecified atom stereocenters. The Morgan fingerprint density at radius 3 is 2.83 bits per heavy atom. The standard InChI is InChI=1S/C16H23ClO/c1-4-5-6-7-14(17)12-8-9-15-13(10-12)11-16(2,3)18-15/h8-10,14H,4-7,11H2,1-3H3. The van der Waals surface area contributed by atoms with Gasteiger partial charge in [0.2, 0.25) is 0 Å². The van der Waals surface area contributed by atoms with Gasteiger partial charge in [-0.1, -0.05) is 38.3 Å². The Labute approximate surface area is 115 Å². The van der Waals surface area contributed by atoms with Gasteiger partial charge in [0.25, 0.3) is 0 Å². The van der Waals surface area contributed by atoms with Crippen molar-refractivity contribution in [3.8, 4) is 5.75 Å². The van der Waals surface area contributed by atoms with E-state index in [0.29, 0.717) is 0 Å². The van der Waals surface area contributed by atoms with Crippen molar-refractivity contribution in [3.63, 3.8) is 0 Å². The van der Waals surface area contributed by atoms with Crippen molar-refractivity contribution >= 4 is 11.6 Å². The second-order valence-corrected chi connectivity index (χ2v) is 6.40. The van der Waals surface area contributed by atoms with Crippen molar-refractivity contribution in [2.75, 3.05) is 0 Å². The second kappa shape index (κ2) is 5.52. The molecule has 0 bridgehead atoms. The molecule has 0 radical (unpaired) electrons. The largest absolute Gasteiger partial charge is 0.487 e. The summed E-state index contributed by atoms with van der Waals surface area (Å²) >= 11 is 6.47. The highest BCUT2D eigenvalue weighted by molar-refractivity contribution is 6.20. The molecule has 1 aliphatic rings. The Morgan fingerprint density at radius 2 is 2.11 bits per heavy atom. The Kier molecular flexibility index (Phi) is 4.21. The monoisotopic (exact) mass is 266 g/mol. The summed E-state index contributed by atoms with van der Waals surface area (Å²) in [6.45, 7) is 6.48. The molecule has 2 rings (SSSR count). The third-order valence-electron chi connectivity index (χ3n) is 3.51. The third-order valence-corrected chi connectivity index (χ3v) is 3.98. The molecule has 0 spiro atoms. The molecule has 0 saturated carbocycles. The minimum atomic E-state index is -0.0645. The van der Waals surface area contributed by atoms with Crippen LogP contribution in [0.2, 0.25) is 0 Å². The average molecular weight is 267 g/mol. The fraction of sp³-hybridized carbons (Fsp3) is 0.625. The maximum atomic E-state index is 6.47. The highest BCUT2D eigenvalue weighted by Gasteiger charge is 2.30. The molecule has 0 N–H and O–H groups in total. The molecule has 0 fully saturated rings. The van der Waals surface area contributed by atoms with Crippen LogP contribution in [-0.4, -0.2) is 5.60 Å². The summed E-state index contributed by atoms with van der Waals surface area (Å²) in [7, 11) is 0. The summed E-state index contributed by atoms with van der Waals surface area (Å²) in [5.41, 5.74) is 2.48. The highest BCUT2D eigenvalue weighted by Crippen LogP contribution is 2.38. The molecular formula is C16H23ClO. The van der Waals surface area contributed by atoms with E-state index in [1.165, 1.54) is 30.4 Å². The lowest BCUT2D eigenvalue weighted by atomic mass is 9.98. The second-order valence-electron chi connectivity index (χ2n) is 5.87. The van der Waals surface area contributed by atoms with Gasteiger partial charge in [0.05, 0.1) is 5.38 Å². The van der Waals surface area contributed by atoms with E-state index in [0.717, 1.165) is 18.6 Å². The molecule has 1 aliphatic heterocycles. The van der Waals surface area contributed by atoms with Crippen LogP contribution in [0.25, 0.3) is 0 Å². The molecule has 0 amide bonds. The van der Waals surface area contributed by atoms with Crippen LogP contribution >= 0.6 is 11.6 Å². The topological polar surface area (TPSA) is 9.23 Å². The minimum Gasteiger partial charge on any atom is -0.487 e. The van der Waals surface area contributed by atoms with Gasteiger partial charge in [-0.2, -0.15) is 0 Å². The number of ether oxygens (including phenoxy) is 1. The Morgan fingerprint density at radius 1 is 1.33 bits per heavy atom. The van der Waals surface area contributed by atoms with Gasteiger partial charge in [-0.3, -0.25) is 0 Å². The van der Waals surface area contributed by atoms with E-state index in [1.807, 2.05) is 0 Å². The molecule has 1 aromatic carbocycles. The van der Waals surface area contributed by atoms with Gasteiger partial charge in [0, 0.05) is 6.42 Å². The molecule has 1 atom stereocenters. The summed E-state index contributed by atoms with van der Waals surface area (Å²) in [6.07, 6.45) is 5.77. The smallest absolute Gasteiger partial charge is 0.123 e. The Hall–Kier alpha value is -0.690. The first-order chi connectivity index (χ1) is 8.52. The molecule has 1 heterocycles. The molecule has 0 aromatic heterocycles. The number of rotatable bonds is 5. The quantitative estimate of drug-likeness (QED) is 0.522. The molecular weight excluding hydrogens is 244 g/mol. The van der Waals surface area contributed by atoms with Crippen LogP contribution in [0.4, 0.5) is 0 Å². The zero-order chi connectivity index (χ0) is 13.2. The van der Waals surface area contributed by atoms with Crippen molar-refractivity contribution < 1.29 is 4.74 Å². The first kappa shape index (κ1) is 13.7. The van der Waals surface area contributed by atoms with Crippen molar-refractivity contribution in [2.45, 2.75) is 63.9 Å². The van der Waals surface area contributed by atoms with Crippen LogP contribution in [0.3, 0.4) is 0 Å². The van der Waals surface area contributed by atoms with Crippen LogP contribution in [0.15, 0.2) is 18.2 Å². The molecule has 2 heteroatoms. The SMILES string of the molecule is CCCCCC(Cl)c1ccc2c(c1)CC(C)(C)O2. The maximum absolute atomic E-state index is 6.47. The van der Waals surface area contributed by atoms with Crippen molar-refractivity contribution in [2.24, 2.45) is 0 Å². The minimum absolute atomic E-state index is 0.0645. The van der Waals surface area contributed by atoms with E-state index in [9.17, 15) is 0 Å². The van der Waals surface area contributed by atoms with Crippen LogP contribution in [0.1, 0.15) is 63.0 Å². The molecule has 1 nitrogen and oxygen atoms in total. The molecule has 0 saturated heterocycles. The number of fused-ring (bicyclic) bond motifs is 1. The predicted octanol–water partition coefficient (Wildman–Crippen LogP) is 5.26. The summed E-state index contributed by atoms with van der Waals surface area (Å²) in [5.74, 6) is 1.03. The van der Waals surface area contributed by atoms with Gasteiger partial charge in [0.15, 0.2) is 0 Å². The number of alkyl halides is 1. The van der Waals surface area contributed by atoms with Crippen molar-refractivity contribution in [1.82, 2.24) is 0 Å². The summed E-state index contributed by atoms with van der Waals surface area (Å²) < 4.78 is 5.88. The van der Waals surface area contributed by atoms with E-state index >= 15 is 0 Å². The predicted molar refractivity (Wildman–Crippen MR) is 77.6 cm³/mol. The lowest BCUT2D eigenvalue weighted by Gasteiger charge is -2.16. The van der Waals surface area contributed by atoms with E-state index in [4.69, 9.17) is 16.3 Å². The molecule has 0 aliphatic carbocycles. The first-order valence-electron chi connectivity index (χ1n) is 6.98. The zero-order valence-electron chi connectivity index (χ0n) is 11.6. The van der Waals surface area contributed by atoms with Gasteiger partial charge >= 0.3 is 0 Å². The highest BCUT2D eigenvalue weighted by atomic mass is 35.5. The molecule has 1 aromatic rings. The van der Waals surface area contributed by atoms with Crippen LogP contribution in [0.5, 0.6) is 5.75 Å². The van der Waals surface area contributed by atoms with Crippen LogP contribution in [0, 0.1) is 0 Å². The van der Waals surface area contributed by atoms with E-state index in [1.54, 1.807) is 0 Å². The lowest BCUT2D eigenvalue weighted by Crippen LogP contribution is -2.24. The van der Waals surface area contributed by atoms with Gasteiger partial charge in [0.1, 0.15) is 11.4 Å². The van der Waals surface area contributed by atoms with Crippen molar-refractivity contribution in [3.05, 3.63) is 29.3 Å². The normalized spacial score (nSPS) is 18.2. The number of hydrogen-bond acceptors (Lipinski definition) is 1. The fourth-order valence-electron chi connectivity index (χ4n) is 2.56. The summed E-state index contributed by atoms with van der Waals surface area (Å²) in [4.78, 5) is 0. The van der Waals surface area contributed by atoms with E-state index < -0.39 is 0 Å². The maximum Gasteiger partial charge on any atom is 0.123 e. The van der Waals surface area contributed by atoms with Crippen LogP contribution in [-0.2, 0) is 6.42 Å². The van der Waals surface area contributed by atoms with E-state index in [2.05, 4.69) is 39.0 Å². The zero-order valence-corrected chi connectivity index (χ0v) is 12.4. The average Bonchev–Trinajstić information content (AvgIpc) is 2.61. The fourth-order valence-corrected chi connectivity index (χ4v) is 2.85. The van der Waals surface area contributed by atoms with Gasteiger partial charge in [-0.15, -0.1) is 11.6 Å². The lowest BCUT2D eigenvalue weighted by molar-refractivity contribution is 0.138.